The molecule has 9 rings (SSSR count). The number of fused-ring (bicyclic) bond motifs is 4. The summed E-state index contributed by atoms with van der Waals surface area (Å²) >= 11 is 0. The second kappa shape index (κ2) is 41.5. The average Bonchev–Trinajstić information content (AvgIpc) is 4.25. The Morgan fingerprint density at radius 1 is 0.480 bits per heavy atom. The summed E-state index contributed by atoms with van der Waals surface area (Å²) in [6.07, 6.45) is 42.0. The van der Waals surface area contributed by atoms with Crippen LogP contribution < -0.4 is 0 Å². The summed E-state index contributed by atoms with van der Waals surface area (Å²) in [7, 11) is 0. The van der Waals surface area contributed by atoms with E-state index < -0.39 is 17.9 Å². The molecule has 9 aliphatic rings. The zero-order chi connectivity index (χ0) is 54.5. The molecule has 4 unspecified atom stereocenters. The van der Waals surface area contributed by atoms with Gasteiger partial charge < -0.3 is 40.2 Å². The first-order valence-electron chi connectivity index (χ1n) is 27.6. The quantitative estimate of drug-likeness (QED) is 0.0260. The minimum atomic E-state index is -0.833. The van der Waals surface area contributed by atoms with Crippen LogP contribution in [0.5, 0.6) is 0 Å². The normalized spacial score (nSPS) is 30.1. The predicted octanol–water partition coefficient (Wildman–Crippen LogP) is 10.6. The van der Waals surface area contributed by atoms with Gasteiger partial charge in [0.25, 0.3) is 11.9 Å². The van der Waals surface area contributed by atoms with Gasteiger partial charge in [0.2, 0.25) is 0 Å². The maximum atomic E-state index is 11.6. The van der Waals surface area contributed by atoms with Crippen LogP contribution in [0.15, 0.2) is 48.6 Å². The Hall–Kier alpha value is -4.65. The van der Waals surface area contributed by atoms with Crippen LogP contribution in [0.3, 0.4) is 0 Å². The van der Waals surface area contributed by atoms with Crippen molar-refractivity contribution in [3.8, 4) is 23.7 Å². The van der Waals surface area contributed by atoms with Crippen LogP contribution in [0.25, 0.3) is 5.53 Å². The van der Waals surface area contributed by atoms with E-state index in [9.17, 15) is 14.4 Å². The summed E-state index contributed by atoms with van der Waals surface area (Å²) in [5.74, 6) is 17.9. The van der Waals surface area contributed by atoms with Crippen LogP contribution in [0, 0.1) is 94.7 Å². The second-order valence-electron chi connectivity index (χ2n) is 19.8. The topological polar surface area (TPSA) is 230 Å². The van der Waals surface area contributed by atoms with Crippen molar-refractivity contribution in [2.45, 2.75) is 163 Å². The Kier molecular flexibility index (Phi) is 37.8. The molecule has 1 radical (unpaired) electrons. The van der Waals surface area contributed by atoms with Gasteiger partial charge in [0.05, 0.1) is 31.7 Å². The number of carboxylic acid groups (broad SMARTS) is 2. The third-order valence-corrected chi connectivity index (χ3v) is 14.7. The zero-order valence-corrected chi connectivity index (χ0v) is 47.2. The fourth-order valence-electron chi connectivity index (χ4n) is 11.0. The Bertz CT molecular complexity index is 1780. The number of esters is 3. The molecule has 4 N–H and O–H groups in total. The molecule has 0 aromatic carbocycles. The average molecular weight is 1130 g/mol. The van der Waals surface area contributed by atoms with Gasteiger partial charge in [0.15, 0.2) is 0 Å². The van der Waals surface area contributed by atoms with Crippen molar-refractivity contribution in [1.82, 2.24) is 0 Å². The van der Waals surface area contributed by atoms with Gasteiger partial charge in [-0.2, -0.15) is 4.79 Å². The number of rotatable bonds is 8. The van der Waals surface area contributed by atoms with Gasteiger partial charge in [-0.3, -0.25) is 19.2 Å². The van der Waals surface area contributed by atoms with Crippen molar-refractivity contribution < 1.29 is 82.9 Å². The number of aliphatic carboxylic acids is 2. The first-order valence-corrected chi connectivity index (χ1v) is 27.6. The molecule has 0 spiro atoms. The van der Waals surface area contributed by atoms with Gasteiger partial charge in [-0.15, -0.1) is 23.7 Å². The molecule has 4 saturated carbocycles. The Morgan fingerprint density at radius 2 is 0.733 bits per heavy atom. The smallest absolute Gasteiger partial charge is 0.413 e. The van der Waals surface area contributed by atoms with Crippen LogP contribution in [-0.2, 0) is 57.7 Å². The van der Waals surface area contributed by atoms with Gasteiger partial charge in [0, 0.05) is 72.2 Å². The van der Waals surface area contributed by atoms with Crippen LogP contribution in [0.4, 0.5) is 0 Å². The molecule has 0 bridgehead atoms. The number of nitrogens with zero attached hydrogens (tertiary/aromatic N) is 2. The maximum absolute atomic E-state index is 11.6. The number of aliphatic hydroxyl groups excluding tert-OH is 2. The molecule has 14 nitrogen and oxygen atoms in total. The van der Waals surface area contributed by atoms with Gasteiger partial charge in [-0.05, 0) is 183 Å². The number of hydrogen-bond acceptors (Lipinski definition) is 10. The van der Waals surface area contributed by atoms with E-state index in [2.05, 4.69) is 81.8 Å². The van der Waals surface area contributed by atoms with Crippen LogP contribution in [0.2, 0.25) is 0 Å². The van der Waals surface area contributed by atoms with Gasteiger partial charge in [0.1, 0.15) is 0 Å². The molecule has 15 heteroatoms. The molecule has 12 atom stereocenters. The number of carbonyl (C=O) groups excluding carboxylic acids is 3. The number of hydrogen-bond donors (Lipinski definition) is 4. The molecule has 0 aromatic rings. The third kappa shape index (κ3) is 29.5. The van der Waals surface area contributed by atoms with Crippen LogP contribution >= 0.6 is 0 Å². The Labute approximate surface area is 461 Å². The van der Waals surface area contributed by atoms with Crippen molar-refractivity contribution in [2.75, 3.05) is 33.0 Å². The second-order valence-corrected chi connectivity index (χ2v) is 19.8. The van der Waals surface area contributed by atoms with Crippen molar-refractivity contribution in [3.05, 3.63) is 54.1 Å². The molecule has 0 heterocycles. The fourth-order valence-corrected chi connectivity index (χ4v) is 11.0. The molecule has 0 amide bonds. The van der Waals surface area contributed by atoms with E-state index in [-0.39, 0.29) is 43.3 Å². The molecular weight excluding hydrogens is 1040 g/mol. The largest absolute Gasteiger partial charge is 0.481 e. The van der Waals surface area contributed by atoms with E-state index in [1.54, 1.807) is 6.92 Å². The molecule has 0 aromatic heterocycles. The molecule has 0 saturated heterocycles. The van der Waals surface area contributed by atoms with E-state index >= 15 is 0 Å². The van der Waals surface area contributed by atoms with Crippen molar-refractivity contribution in [2.24, 2.45) is 71.0 Å². The standard InChI is InChI=1S/2C12H18O2.2C10H14O.C8H12.C4H6N2O2.2C2H4O2.Rh/c2*1-2-14-12(13)11-9-7-5-3-4-6-8-10(9)11;2*11-7-10-8-5-3-1-2-4-6-9(8)10;1-2-4-6-8-7-5-3-1;1-2-8-4(7)3-6-5;2*1-2(3)4;/h2*3-4,9-11H,2,5-8H2,1H3;2*8-11H,3-7H2;1-2,7-8H,3-6H2;3H,2H2,1H3;2*1H3,(H,3,4);/b2*4-3-;;;2-1-,8-7?;;;;/t2*9-,10+,11?;2*8-,9+,10?;;;;;. The van der Waals surface area contributed by atoms with Gasteiger partial charge >= 0.3 is 24.1 Å². The summed E-state index contributed by atoms with van der Waals surface area (Å²) in [4.78, 5) is 53.7. The summed E-state index contributed by atoms with van der Waals surface area (Å²) in [5.41, 5.74) is 7.73. The number of carboxylic acids is 2. The molecule has 9 aliphatic carbocycles. The number of aliphatic hydroxyl groups is 2. The first kappa shape index (κ1) is 68.4. The SMILES string of the molecule is C1=CCC/C=C\CC1.CC(=O)O.CC(=O)O.CCOC(=O)C1[C@H]2CC/C=C\CC[C@@H]12.CCOC(=O)C1[C@H]2CC/C=C\CC[C@@H]12.CCOC(=O)C=[N+]=[N-].OCC1[C@H]2CCC#CCC[C@@H]12.OCC1[C@H]2CCC#CCC[C@@H]12.[Rh]. The van der Waals surface area contributed by atoms with E-state index in [1.807, 2.05) is 13.8 Å². The predicted molar refractivity (Wildman–Crippen MR) is 287 cm³/mol. The Morgan fingerprint density at radius 3 is 0.960 bits per heavy atom. The minimum Gasteiger partial charge on any atom is -0.481 e. The third-order valence-electron chi connectivity index (χ3n) is 14.7. The van der Waals surface area contributed by atoms with E-state index in [4.69, 9.17) is 45.0 Å². The van der Waals surface area contributed by atoms with E-state index in [0.29, 0.717) is 74.8 Å². The van der Waals surface area contributed by atoms with E-state index in [0.717, 1.165) is 88.9 Å². The summed E-state index contributed by atoms with van der Waals surface area (Å²) in [5, 5.41) is 32.8. The summed E-state index contributed by atoms with van der Waals surface area (Å²) in [6.45, 7) is 9.73. The maximum Gasteiger partial charge on any atom is 0.413 e. The van der Waals surface area contributed by atoms with Crippen molar-refractivity contribution >= 4 is 36.1 Å². The zero-order valence-electron chi connectivity index (χ0n) is 45.6. The fraction of sp³-hybridized carbons (Fsp3) is 0.700. The molecule has 4 fully saturated rings. The van der Waals surface area contributed by atoms with Gasteiger partial charge in [-0.25, -0.2) is 4.79 Å². The number of allylic oxidation sites excluding steroid dienone is 8. The van der Waals surface area contributed by atoms with E-state index in [1.165, 1.54) is 77.0 Å². The first-order chi connectivity index (χ1) is 35.8. The summed E-state index contributed by atoms with van der Waals surface area (Å²) < 4.78 is 14.5. The van der Waals surface area contributed by atoms with Crippen LogP contribution in [0.1, 0.15) is 163 Å². The van der Waals surface area contributed by atoms with Crippen LogP contribution in [-0.4, -0.2) is 94.3 Å². The van der Waals surface area contributed by atoms with Crippen molar-refractivity contribution in [3.63, 3.8) is 0 Å². The molecular formula is C60H90N2O12Rh. The Balaban J connectivity index is 0.000000441. The molecule has 75 heavy (non-hydrogen) atoms. The molecule has 0 aliphatic heterocycles. The number of carbonyl (C=O) groups is 5. The monoisotopic (exact) mass is 1130 g/mol. The number of ether oxygens (including phenoxy) is 3. The van der Waals surface area contributed by atoms with Crippen molar-refractivity contribution in [1.29, 1.82) is 0 Å². The summed E-state index contributed by atoms with van der Waals surface area (Å²) in [6, 6.07) is 0. The molecule has 421 valence electrons. The van der Waals surface area contributed by atoms with Gasteiger partial charge in [-0.1, -0.05) is 48.6 Å². The minimum absolute atomic E-state index is 0.